The third kappa shape index (κ3) is 58.0. The molecule has 3 N–H and O–H groups in total. The van der Waals surface area contributed by atoms with Crippen molar-refractivity contribution in [2.45, 2.75) is 392 Å². The van der Waals surface area contributed by atoms with Crippen molar-refractivity contribution in [3.63, 3.8) is 0 Å². The van der Waals surface area contributed by atoms with Crippen LogP contribution in [-0.4, -0.2) is 47.4 Å². The molecule has 0 radical (unpaired) electrons. The van der Waals surface area contributed by atoms with E-state index in [0.717, 1.165) is 38.5 Å². The lowest BCUT2D eigenvalue weighted by Crippen LogP contribution is -2.45. The fraction of sp³-hybridized carbons (Fsp3) is 0.969. The molecule has 0 spiro atoms. The lowest BCUT2D eigenvalue weighted by Gasteiger charge is -2.22. The molecule has 2 unspecified atom stereocenters. The fourth-order valence-corrected chi connectivity index (χ4v) is 10.6. The minimum Gasteiger partial charge on any atom is -0.466 e. The summed E-state index contributed by atoms with van der Waals surface area (Å²) >= 11 is 0. The number of carbonyl (C=O) groups excluding carboxylic acids is 2. The molecule has 0 rings (SSSR count). The van der Waals surface area contributed by atoms with E-state index in [1.165, 1.54) is 308 Å². The molecule has 0 aliphatic rings. The van der Waals surface area contributed by atoms with Crippen LogP contribution in [0.3, 0.4) is 0 Å². The van der Waals surface area contributed by atoms with Gasteiger partial charge in [-0.3, -0.25) is 9.59 Å². The third-order valence-electron chi connectivity index (χ3n) is 15.7. The first-order valence-electron chi connectivity index (χ1n) is 32.8. The molecule has 6 heteroatoms. The number of unbranched alkanes of at least 4 members (excludes halogenated alkanes) is 51. The van der Waals surface area contributed by atoms with Gasteiger partial charge in [0.25, 0.3) is 0 Å². The lowest BCUT2D eigenvalue weighted by molar-refractivity contribution is -0.143. The average molecular weight is 1000 g/mol. The maximum atomic E-state index is 12.5. The monoisotopic (exact) mass is 1000 g/mol. The molecule has 6 nitrogen and oxygen atoms in total. The highest BCUT2D eigenvalue weighted by Crippen LogP contribution is 2.19. The van der Waals surface area contributed by atoms with Gasteiger partial charge >= 0.3 is 5.97 Å². The molecule has 0 bridgehead atoms. The standard InChI is InChI=1S/C65H129NO5/c1-3-5-7-9-11-13-15-17-34-37-41-45-49-53-57-63(68)62(61-67)66-64(69)58-54-50-46-42-38-35-32-30-28-26-24-22-20-18-19-21-23-25-27-29-31-33-36-40-44-48-52-56-60-71-65(70)59-55-51-47-43-39-16-14-12-10-8-6-4-2/h62-63,67-68H,3-61H2,1-2H3,(H,66,69). The second kappa shape index (κ2) is 61.4. The quantitative estimate of drug-likeness (QED) is 0.0417. The van der Waals surface area contributed by atoms with Crippen molar-refractivity contribution in [1.29, 1.82) is 0 Å². The average Bonchev–Trinajstić information content (AvgIpc) is 3.37. The minimum absolute atomic E-state index is 0.0204. The molecule has 0 saturated carbocycles. The molecule has 0 aromatic carbocycles. The van der Waals surface area contributed by atoms with Gasteiger partial charge in [0.05, 0.1) is 25.4 Å². The first kappa shape index (κ1) is 69.9. The summed E-state index contributed by atoms with van der Waals surface area (Å²) in [7, 11) is 0. The number of esters is 1. The molecule has 2 atom stereocenters. The Kier molecular flexibility index (Phi) is 60.4. The molecule has 0 aromatic rings. The zero-order valence-electron chi connectivity index (χ0n) is 48.5. The van der Waals surface area contributed by atoms with Crippen molar-refractivity contribution in [2.24, 2.45) is 0 Å². The van der Waals surface area contributed by atoms with Crippen LogP contribution in [0.1, 0.15) is 380 Å². The molecular weight excluding hydrogens is 875 g/mol. The van der Waals surface area contributed by atoms with Crippen molar-refractivity contribution >= 4 is 11.9 Å². The number of rotatable bonds is 62. The summed E-state index contributed by atoms with van der Waals surface area (Å²) in [6.07, 6.45) is 72.8. The molecule has 71 heavy (non-hydrogen) atoms. The van der Waals surface area contributed by atoms with Crippen LogP contribution in [0.4, 0.5) is 0 Å². The smallest absolute Gasteiger partial charge is 0.305 e. The van der Waals surface area contributed by atoms with Crippen LogP contribution >= 0.6 is 0 Å². The van der Waals surface area contributed by atoms with Gasteiger partial charge in [0.15, 0.2) is 0 Å². The van der Waals surface area contributed by atoms with Gasteiger partial charge in [-0.2, -0.15) is 0 Å². The van der Waals surface area contributed by atoms with Gasteiger partial charge in [0, 0.05) is 12.8 Å². The zero-order valence-corrected chi connectivity index (χ0v) is 48.5. The summed E-state index contributed by atoms with van der Waals surface area (Å²) in [6, 6.07) is -0.537. The van der Waals surface area contributed by atoms with Crippen LogP contribution in [0, 0.1) is 0 Å². The highest BCUT2D eigenvalue weighted by molar-refractivity contribution is 5.76. The van der Waals surface area contributed by atoms with Crippen molar-refractivity contribution in [3.05, 3.63) is 0 Å². The van der Waals surface area contributed by atoms with E-state index in [2.05, 4.69) is 19.2 Å². The lowest BCUT2D eigenvalue weighted by atomic mass is 10.0. The largest absolute Gasteiger partial charge is 0.466 e. The van der Waals surface area contributed by atoms with Gasteiger partial charge in [-0.15, -0.1) is 0 Å². The minimum atomic E-state index is -0.660. The van der Waals surface area contributed by atoms with Gasteiger partial charge in [0.2, 0.25) is 5.91 Å². The van der Waals surface area contributed by atoms with Gasteiger partial charge in [-0.05, 0) is 25.7 Å². The number of nitrogens with one attached hydrogen (secondary N) is 1. The Morgan fingerprint density at radius 3 is 0.859 bits per heavy atom. The predicted molar refractivity (Wildman–Crippen MR) is 310 cm³/mol. The third-order valence-corrected chi connectivity index (χ3v) is 15.7. The summed E-state index contributed by atoms with van der Waals surface area (Å²) in [5.41, 5.74) is 0. The Morgan fingerprint density at radius 1 is 0.338 bits per heavy atom. The van der Waals surface area contributed by atoms with E-state index in [4.69, 9.17) is 4.74 Å². The Bertz CT molecular complexity index is 1020. The SMILES string of the molecule is CCCCCCCCCCCCCCCCC(O)C(CO)NC(=O)CCCCCCCCCCCCCCCCCCCCCCCCCCCCCCOC(=O)CCCCCCCCCCCCCC. The molecule has 0 fully saturated rings. The highest BCUT2D eigenvalue weighted by atomic mass is 16.5. The van der Waals surface area contributed by atoms with Crippen LogP contribution in [0.25, 0.3) is 0 Å². The Morgan fingerprint density at radius 2 is 0.577 bits per heavy atom. The van der Waals surface area contributed by atoms with E-state index < -0.39 is 12.1 Å². The summed E-state index contributed by atoms with van der Waals surface area (Å²) < 4.78 is 5.48. The van der Waals surface area contributed by atoms with Crippen molar-refractivity contribution in [3.8, 4) is 0 Å². The normalized spacial score (nSPS) is 12.5. The number of aliphatic hydroxyl groups is 2. The molecule has 0 aliphatic carbocycles. The highest BCUT2D eigenvalue weighted by Gasteiger charge is 2.20. The molecular formula is C65H129NO5. The van der Waals surface area contributed by atoms with Crippen LogP contribution in [0.15, 0.2) is 0 Å². The van der Waals surface area contributed by atoms with Gasteiger partial charge in [0.1, 0.15) is 0 Å². The zero-order chi connectivity index (χ0) is 51.4. The van der Waals surface area contributed by atoms with E-state index in [9.17, 15) is 19.8 Å². The van der Waals surface area contributed by atoms with E-state index in [1.807, 2.05) is 0 Å². The van der Waals surface area contributed by atoms with Crippen molar-refractivity contribution in [1.82, 2.24) is 5.32 Å². The number of ether oxygens (including phenoxy) is 1. The first-order chi connectivity index (χ1) is 35.0. The molecule has 0 saturated heterocycles. The van der Waals surface area contributed by atoms with E-state index >= 15 is 0 Å². The summed E-state index contributed by atoms with van der Waals surface area (Å²) in [5.74, 6) is -0.00843. The van der Waals surface area contributed by atoms with E-state index in [0.29, 0.717) is 25.9 Å². The van der Waals surface area contributed by atoms with Crippen molar-refractivity contribution in [2.75, 3.05) is 13.2 Å². The number of carbonyl (C=O) groups is 2. The molecule has 0 aromatic heterocycles. The van der Waals surface area contributed by atoms with Crippen LogP contribution in [0.5, 0.6) is 0 Å². The topological polar surface area (TPSA) is 95.9 Å². The van der Waals surface area contributed by atoms with Gasteiger partial charge < -0.3 is 20.3 Å². The number of hydrogen-bond acceptors (Lipinski definition) is 5. The van der Waals surface area contributed by atoms with Crippen LogP contribution < -0.4 is 5.32 Å². The van der Waals surface area contributed by atoms with Crippen LogP contribution in [-0.2, 0) is 14.3 Å². The first-order valence-corrected chi connectivity index (χ1v) is 32.8. The maximum absolute atomic E-state index is 12.5. The van der Waals surface area contributed by atoms with Crippen molar-refractivity contribution < 1.29 is 24.5 Å². The second-order valence-electron chi connectivity index (χ2n) is 22.8. The number of hydrogen-bond donors (Lipinski definition) is 3. The Balaban J connectivity index is 3.32. The second-order valence-corrected chi connectivity index (χ2v) is 22.8. The van der Waals surface area contributed by atoms with E-state index in [-0.39, 0.29) is 18.5 Å². The molecule has 0 heterocycles. The maximum Gasteiger partial charge on any atom is 0.305 e. The summed E-state index contributed by atoms with van der Waals surface area (Å²) in [6.45, 7) is 4.99. The molecule has 1 amide bonds. The van der Waals surface area contributed by atoms with E-state index in [1.54, 1.807) is 0 Å². The Hall–Kier alpha value is -1.14. The van der Waals surface area contributed by atoms with Crippen LogP contribution in [0.2, 0.25) is 0 Å². The summed E-state index contributed by atoms with van der Waals surface area (Å²) in [5, 5.41) is 23.3. The van der Waals surface area contributed by atoms with Gasteiger partial charge in [-0.25, -0.2) is 0 Å². The molecule has 424 valence electrons. The van der Waals surface area contributed by atoms with Gasteiger partial charge in [-0.1, -0.05) is 341 Å². The predicted octanol–water partition coefficient (Wildman–Crippen LogP) is 20.6. The molecule has 0 aliphatic heterocycles. The number of amides is 1. The fourth-order valence-electron chi connectivity index (χ4n) is 10.6. The summed E-state index contributed by atoms with van der Waals surface area (Å²) in [4.78, 5) is 24.5. The Labute approximate surface area is 445 Å². The number of aliphatic hydroxyl groups excluding tert-OH is 2.